The Bertz CT molecular complexity index is 1220. The zero-order chi connectivity index (χ0) is 25.8. The topological polar surface area (TPSA) is 88.4 Å². The molecule has 1 unspecified atom stereocenters. The van der Waals surface area contributed by atoms with Crippen LogP contribution in [0.3, 0.4) is 0 Å². The highest BCUT2D eigenvalue weighted by atomic mass is 16.5. The van der Waals surface area contributed by atoms with Gasteiger partial charge in [-0.3, -0.25) is 0 Å². The van der Waals surface area contributed by atoms with Crippen LogP contribution in [0.2, 0.25) is 0 Å². The second-order valence-electron chi connectivity index (χ2n) is 8.26. The molecule has 6 nitrogen and oxygen atoms in total. The van der Waals surface area contributed by atoms with Crippen LogP contribution in [0.1, 0.15) is 37.8 Å². The van der Waals surface area contributed by atoms with E-state index >= 15 is 0 Å². The van der Waals surface area contributed by atoms with Crippen LogP contribution in [-0.4, -0.2) is 25.2 Å². The van der Waals surface area contributed by atoms with Crippen molar-refractivity contribution in [2.24, 2.45) is 5.92 Å². The predicted octanol–water partition coefficient (Wildman–Crippen LogP) is 5.57. The van der Waals surface area contributed by atoms with Gasteiger partial charge >= 0.3 is 11.9 Å². The maximum atomic E-state index is 13.2. The van der Waals surface area contributed by atoms with E-state index in [9.17, 15) is 9.59 Å². The van der Waals surface area contributed by atoms with Gasteiger partial charge in [-0.1, -0.05) is 78.9 Å². The number of allylic oxidation sites excluding steroid dienone is 3. The molecular weight excluding hydrogens is 452 g/mol. The van der Waals surface area contributed by atoms with E-state index in [1.54, 1.807) is 19.9 Å². The monoisotopic (exact) mass is 482 g/mol. The maximum Gasteiger partial charge on any atom is 0.336 e. The van der Waals surface area contributed by atoms with Crippen molar-refractivity contribution in [1.82, 2.24) is 5.32 Å². The Morgan fingerprint density at radius 1 is 0.861 bits per heavy atom. The number of nitriles is 1. The fraction of sp³-hybridized carbons (Fsp3) is 0.233. The SMILES string of the molecule is CC1=C(C(=O)OCC=Cc2ccccc2)C(CC=Cc2ccccc2)C(C(=O)OCCC#N)=C(C)N1. The van der Waals surface area contributed by atoms with Gasteiger partial charge < -0.3 is 14.8 Å². The molecule has 0 saturated carbocycles. The van der Waals surface area contributed by atoms with E-state index in [1.165, 1.54) is 0 Å². The van der Waals surface area contributed by atoms with E-state index in [4.69, 9.17) is 14.7 Å². The van der Waals surface area contributed by atoms with Crippen molar-refractivity contribution in [3.63, 3.8) is 0 Å². The number of dihydropyridines is 1. The van der Waals surface area contributed by atoms with Gasteiger partial charge in [-0.25, -0.2) is 9.59 Å². The Balaban J connectivity index is 1.80. The van der Waals surface area contributed by atoms with Crippen LogP contribution in [0, 0.1) is 17.2 Å². The minimum Gasteiger partial charge on any atom is -0.461 e. The van der Waals surface area contributed by atoms with E-state index in [2.05, 4.69) is 5.32 Å². The molecule has 184 valence electrons. The van der Waals surface area contributed by atoms with Crippen molar-refractivity contribution in [3.05, 3.63) is 106 Å². The highest BCUT2D eigenvalue weighted by Gasteiger charge is 2.36. The summed E-state index contributed by atoms with van der Waals surface area (Å²) in [5.41, 5.74) is 4.03. The lowest BCUT2D eigenvalue weighted by Gasteiger charge is -2.29. The number of esters is 2. The van der Waals surface area contributed by atoms with E-state index in [0.717, 1.165) is 11.1 Å². The third kappa shape index (κ3) is 7.31. The van der Waals surface area contributed by atoms with Crippen molar-refractivity contribution >= 4 is 24.1 Å². The first-order chi connectivity index (χ1) is 17.5. The van der Waals surface area contributed by atoms with Gasteiger partial charge in [-0.05, 0) is 37.5 Å². The number of carbonyl (C=O) groups is 2. The van der Waals surface area contributed by atoms with Gasteiger partial charge in [0.15, 0.2) is 0 Å². The smallest absolute Gasteiger partial charge is 0.336 e. The molecule has 3 rings (SSSR count). The normalized spacial score (nSPS) is 15.6. The lowest BCUT2D eigenvalue weighted by molar-refractivity contribution is -0.140. The summed E-state index contributed by atoms with van der Waals surface area (Å²) in [6, 6.07) is 21.5. The molecule has 1 aliphatic heterocycles. The van der Waals surface area contributed by atoms with Crippen LogP contribution in [0.15, 0.2) is 95.4 Å². The summed E-state index contributed by atoms with van der Waals surface area (Å²) in [5.74, 6) is -1.59. The molecule has 0 aliphatic carbocycles. The Hall–Kier alpha value is -4.37. The molecule has 0 amide bonds. The van der Waals surface area contributed by atoms with Gasteiger partial charge in [0.1, 0.15) is 13.2 Å². The quantitative estimate of drug-likeness (QED) is 0.352. The first kappa shape index (κ1) is 26.2. The van der Waals surface area contributed by atoms with Gasteiger partial charge in [0, 0.05) is 17.3 Å². The highest BCUT2D eigenvalue weighted by molar-refractivity contribution is 5.98. The number of nitrogens with zero attached hydrogens (tertiary/aromatic N) is 1. The molecule has 2 aromatic rings. The van der Waals surface area contributed by atoms with Gasteiger partial charge in [0.25, 0.3) is 0 Å². The van der Waals surface area contributed by atoms with Crippen LogP contribution in [0.4, 0.5) is 0 Å². The van der Waals surface area contributed by atoms with E-state index in [1.807, 2.05) is 85.0 Å². The van der Waals surface area contributed by atoms with Gasteiger partial charge in [-0.2, -0.15) is 5.26 Å². The fourth-order valence-corrected chi connectivity index (χ4v) is 4.03. The molecule has 1 aliphatic rings. The summed E-state index contributed by atoms with van der Waals surface area (Å²) in [6.45, 7) is 3.67. The van der Waals surface area contributed by atoms with Crippen LogP contribution in [0.25, 0.3) is 12.2 Å². The summed E-state index contributed by atoms with van der Waals surface area (Å²) >= 11 is 0. The first-order valence-electron chi connectivity index (χ1n) is 11.8. The molecule has 0 radical (unpaired) electrons. The lowest BCUT2D eigenvalue weighted by Crippen LogP contribution is -2.33. The van der Waals surface area contributed by atoms with E-state index in [0.29, 0.717) is 29.0 Å². The number of hydrogen-bond acceptors (Lipinski definition) is 6. The zero-order valence-corrected chi connectivity index (χ0v) is 20.6. The number of nitrogens with one attached hydrogen (secondary N) is 1. The number of rotatable bonds is 10. The van der Waals surface area contributed by atoms with Crippen LogP contribution in [0.5, 0.6) is 0 Å². The number of carbonyl (C=O) groups excluding carboxylic acids is 2. The molecule has 0 aromatic heterocycles. The molecule has 0 bridgehead atoms. The average molecular weight is 483 g/mol. The van der Waals surface area contributed by atoms with E-state index < -0.39 is 17.9 Å². The molecule has 1 atom stereocenters. The molecule has 1 N–H and O–H groups in total. The summed E-state index contributed by atoms with van der Waals surface area (Å²) in [4.78, 5) is 26.2. The molecule has 2 aromatic carbocycles. The van der Waals surface area contributed by atoms with E-state index in [-0.39, 0.29) is 19.6 Å². The van der Waals surface area contributed by atoms with Crippen LogP contribution in [-0.2, 0) is 19.1 Å². The van der Waals surface area contributed by atoms with Crippen LogP contribution >= 0.6 is 0 Å². The summed E-state index contributed by atoms with van der Waals surface area (Å²) in [5, 5.41) is 11.9. The third-order valence-corrected chi connectivity index (χ3v) is 5.67. The van der Waals surface area contributed by atoms with Gasteiger partial charge in [-0.15, -0.1) is 0 Å². The lowest BCUT2D eigenvalue weighted by atomic mass is 9.83. The van der Waals surface area contributed by atoms with Crippen LogP contribution < -0.4 is 5.32 Å². The van der Waals surface area contributed by atoms with Crippen molar-refractivity contribution in [2.45, 2.75) is 26.7 Å². The number of benzene rings is 2. The van der Waals surface area contributed by atoms with Crippen molar-refractivity contribution < 1.29 is 19.1 Å². The largest absolute Gasteiger partial charge is 0.461 e. The van der Waals surface area contributed by atoms with Gasteiger partial charge in [0.05, 0.1) is 23.6 Å². The summed E-state index contributed by atoms with van der Waals surface area (Å²) in [6.07, 6.45) is 8.06. The van der Waals surface area contributed by atoms with Gasteiger partial charge in [0.2, 0.25) is 0 Å². The average Bonchev–Trinajstić information content (AvgIpc) is 2.88. The molecule has 0 fully saturated rings. The fourth-order valence-electron chi connectivity index (χ4n) is 4.03. The summed E-state index contributed by atoms with van der Waals surface area (Å²) in [7, 11) is 0. The molecule has 0 saturated heterocycles. The minimum absolute atomic E-state index is 0.00849. The maximum absolute atomic E-state index is 13.2. The predicted molar refractivity (Wildman–Crippen MR) is 140 cm³/mol. The number of hydrogen-bond donors (Lipinski definition) is 1. The second kappa shape index (κ2) is 13.5. The standard InChI is InChI=1S/C30H30N2O4/c1-22-27(29(33)35-20-10-17-25-14-7-4-8-15-25)26(18-9-16-24-12-5-3-6-13-24)28(23(2)32-22)30(34)36-21-11-19-31/h3-10,12-17,26,32H,11,18,20-21H2,1-2H3. The second-order valence-corrected chi connectivity index (χ2v) is 8.26. The Morgan fingerprint density at radius 3 is 1.94 bits per heavy atom. The summed E-state index contributed by atoms with van der Waals surface area (Å²) < 4.78 is 10.9. The minimum atomic E-state index is -0.550. The molecule has 0 spiro atoms. The first-order valence-corrected chi connectivity index (χ1v) is 11.8. The number of ether oxygens (including phenoxy) is 2. The Labute approximate surface area is 212 Å². The molecule has 1 heterocycles. The zero-order valence-electron chi connectivity index (χ0n) is 20.6. The molecular formula is C30H30N2O4. The Kier molecular flexibility index (Phi) is 9.84. The Morgan fingerprint density at radius 2 is 1.39 bits per heavy atom. The van der Waals surface area contributed by atoms with Crippen molar-refractivity contribution in [2.75, 3.05) is 13.2 Å². The van der Waals surface area contributed by atoms with Crippen molar-refractivity contribution in [3.8, 4) is 6.07 Å². The van der Waals surface area contributed by atoms with Crippen molar-refractivity contribution in [1.29, 1.82) is 5.26 Å². The third-order valence-electron chi connectivity index (χ3n) is 5.67. The highest BCUT2D eigenvalue weighted by Crippen LogP contribution is 2.34. The molecule has 6 heteroatoms. The molecule has 36 heavy (non-hydrogen) atoms.